The van der Waals surface area contributed by atoms with E-state index in [2.05, 4.69) is 25.7 Å². The van der Waals surface area contributed by atoms with Crippen LogP contribution in [0.1, 0.15) is 11.3 Å². The molecule has 0 saturated carbocycles. The van der Waals surface area contributed by atoms with Crippen LogP contribution in [0.25, 0.3) is 0 Å². The summed E-state index contributed by atoms with van der Waals surface area (Å²) in [6, 6.07) is 7.94. The van der Waals surface area contributed by atoms with E-state index in [4.69, 9.17) is 0 Å². The number of anilines is 1. The van der Waals surface area contributed by atoms with Crippen molar-refractivity contribution in [2.45, 2.75) is 11.8 Å². The zero-order valence-electron chi connectivity index (χ0n) is 10.5. The summed E-state index contributed by atoms with van der Waals surface area (Å²) in [5.41, 5.74) is 3.62. The van der Waals surface area contributed by atoms with Gasteiger partial charge in [0.15, 0.2) is 0 Å². The Hall–Kier alpha value is -2.15. The second-order valence-electron chi connectivity index (χ2n) is 3.73. The van der Waals surface area contributed by atoms with E-state index >= 15 is 0 Å². The largest absolute Gasteiger partial charge is 0.288 e. The molecule has 1 aromatic carbocycles. The predicted octanol–water partition coefficient (Wildman–Crippen LogP) is 1.64. The molecule has 0 aliphatic carbocycles. The summed E-state index contributed by atoms with van der Waals surface area (Å²) in [4.78, 5) is 15.0. The molecular weight excluding hydrogens is 262 g/mol. The number of rotatable bonds is 4. The van der Waals surface area contributed by atoms with Gasteiger partial charge in [0.05, 0.1) is 6.21 Å². The molecule has 0 unspecified atom stereocenters. The number of aromatic nitrogens is 3. The van der Waals surface area contributed by atoms with Crippen molar-refractivity contribution in [3.63, 3.8) is 0 Å². The molecule has 0 aliphatic rings. The fourth-order valence-corrected chi connectivity index (χ4v) is 1.71. The molecule has 0 saturated heterocycles. The quantitative estimate of drug-likeness (QED) is 0.503. The summed E-state index contributed by atoms with van der Waals surface area (Å²) in [6.45, 7) is 1.59. The van der Waals surface area contributed by atoms with Crippen LogP contribution in [0.5, 0.6) is 0 Å². The lowest BCUT2D eigenvalue weighted by atomic mass is 10.2. The molecule has 1 heterocycles. The maximum atomic E-state index is 11.3. The average Bonchev–Trinajstić information content (AvgIpc) is 2.43. The molecule has 2 rings (SSSR count). The number of nitrogens with zero attached hydrogens (tertiary/aromatic N) is 3. The molecule has 1 aromatic heterocycles. The molecule has 0 spiro atoms. The van der Waals surface area contributed by atoms with Gasteiger partial charge >= 0.3 is 0 Å². The number of H-pyrrole nitrogens is 1. The third-order valence-electron chi connectivity index (χ3n) is 2.36. The molecule has 0 fully saturated rings. The highest BCUT2D eigenvalue weighted by atomic mass is 32.2. The molecule has 98 valence electrons. The first-order valence-electron chi connectivity index (χ1n) is 5.56. The number of hydrogen-bond acceptors (Lipinski definition) is 6. The van der Waals surface area contributed by atoms with Crippen molar-refractivity contribution >= 4 is 23.9 Å². The molecule has 0 bridgehead atoms. The van der Waals surface area contributed by atoms with Crippen LogP contribution < -0.4 is 11.0 Å². The van der Waals surface area contributed by atoms with Crippen LogP contribution in [0.15, 0.2) is 39.1 Å². The van der Waals surface area contributed by atoms with Crippen molar-refractivity contribution in [3.8, 4) is 0 Å². The second kappa shape index (κ2) is 6.14. The number of hydrogen-bond donors (Lipinski definition) is 2. The van der Waals surface area contributed by atoms with Gasteiger partial charge in [-0.25, -0.2) is 5.43 Å². The van der Waals surface area contributed by atoms with Gasteiger partial charge in [0, 0.05) is 4.90 Å². The number of benzene rings is 1. The number of aryl methyl sites for hydroxylation is 1. The highest BCUT2D eigenvalue weighted by molar-refractivity contribution is 7.98. The van der Waals surface area contributed by atoms with Crippen LogP contribution in [0.3, 0.4) is 0 Å². The smallest absolute Gasteiger partial charge is 0.274 e. The van der Waals surface area contributed by atoms with E-state index in [-0.39, 0.29) is 11.5 Å². The van der Waals surface area contributed by atoms with E-state index in [0.717, 1.165) is 5.56 Å². The Bertz CT molecular complexity index is 635. The minimum absolute atomic E-state index is 0.215. The van der Waals surface area contributed by atoms with Gasteiger partial charge < -0.3 is 0 Å². The molecular formula is C12H13N5OS. The highest BCUT2D eigenvalue weighted by Gasteiger charge is 1.97. The van der Waals surface area contributed by atoms with Gasteiger partial charge in [-0.2, -0.15) is 5.10 Å². The first kappa shape index (κ1) is 13.3. The van der Waals surface area contributed by atoms with Crippen LogP contribution in [0.2, 0.25) is 0 Å². The van der Waals surface area contributed by atoms with Gasteiger partial charge in [-0.15, -0.1) is 22.0 Å². The Morgan fingerprint density at radius 2 is 2.05 bits per heavy atom. The Kier molecular flexibility index (Phi) is 4.30. The Labute approximate surface area is 114 Å². The molecule has 0 radical (unpaired) electrons. The molecule has 7 heteroatoms. The lowest BCUT2D eigenvalue weighted by Crippen LogP contribution is -2.15. The van der Waals surface area contributed by atoms with E-state index in [1.807, 2.05) is 30.5 Å². The molecule has 0 amide bonds. The SMILES string of the molecule is CSc1ccc(/C=N\Nc2nnc(C)c(=O)[nH]2)cc1. The van der Waals surface area contributed by atoms with Gasteiger partial charge in [0.2, 0.25) is 5.95 Å². The third-order valence-corrected chi connectivity index (χ3v) is 3.10. The van der Waals surface area contributed by atoms with E-state index in [1.165, 1.54) is 4.90 Å². The maximum Gasteiger partial charge on any atom is 0.274 e. The van der Waals surface area contributed by atoms with Crippen LogP contribution >= 0.6 is 11.8 Å². The fraction of sp³-hybridized carbons (Fsp3) is 0.167. The molecule has 0 atom stereocenters. The Morgan fingerprint density at radius 3 is 2.68 bits per heavy atom. The summed E-state index contributed by atoms with van der Waals surface area (Å²) >= 11 is 1.68. The van der Waals surface area contributed by atoms with Gasteiger partial charge in [-0.05, 0) is 30.9 Å². The first-order chi connectivity index (χ1) is 9.19. The van der Waals surface area contributed by atoms with Crippen LogP contribution in [0, 0.1) is 6.92 Å². The van der Waals surface area contributed by atoms with Crippen molar-refractivity contribution in [2.24, 2.45) is 5.10 Å². The maximum absolute atomic E-state index is 11.3. The van der Waals surface area contributed by atoms with Gasteiger partial charge in [0.1, 0.15) is 5.69 Å². The van der Waals surface area contributed by atoms with Gasteiger partial charge in [-0.1, -0.05) is 12.1 Å². The third kappa shape index (κ3) is 3.65. The van der Waals surface area contributed by atoms with Crippen LogP contribution in [-0.4, -0.2) is 27.7 Å². The number of hydrazone groups is 1. The lowest BCUT2D eigenvalue weighted by Gasteiger charge is -1.99. The van der Waals surface area contributed by atoms with E-state index in [0.29, 0.717) is 5.69 Å². The minimum Gasteiger partial charge on any atom is -0.288 e. The highest BCUT2D eigenvalue weighted by Crippen LogP contribution is 2.13. The van der Waals surface area contributed by atoms with Crippen molar-refractivity contribution in [1.82, 2.24) is 15.2 Å². The predicted molar refractivity (Wildman–Crippen MR) is 76.8 cm³/mol. The van der Waals surface area contributed by atoms with Crippen molar-refractivity contribution in [2.75, 3.05) is 11.7 Å². The molecule has 2 aromatic rings. The fourth-order valence-electron chi connectivity index (χ4n) is 1.30. The molecule has 2 N–H and O–H groups in total. The second-order valence-corrected chi connectivity index (χ2v) is 4.61. The van der Waals surface area contributed by atoms with Gasteiger partial charge in [0.25, 0.3) is 5.56 Å². The number of nitrogens with one attached hydrogen (secondary N) is 2. The minimum atomic E-state index is -0.281. The number of aromatic amines is 1. The van der Waals surface area contributed by atoms with Gasteiger partial charge in [-0.3, -0.25) is 9.78 Å². The van der Waals surface area contributed by atoms with Crippen molar-refractivity contribution in [1.29, 1.82) is 0 Å². The average molecular weight is 275 g/mol. The van der Waals surface area contributed by atoms with Crippen molar-refractivity contribution in [3.05, 3.63) is 45.9 Å². The standard InChI is InChI=1S/C12H13N5OS/c1-8-11(18)14-12(17-15-8)16-13-7-9-3-5-10(19-2)6-4-9/h3-7H,1-2H3,(H2,14,16,17,18)/b13-7-. The van der Waals surface area contributed by atoms with Crippen molar-refractivity contribution < 1.29 is 0 Å². The zero-order valence-corrected chi connectivity index (χ0v) is 11.4. The summed E-state index contributed by atoms with van der Waals surface area (Å²) in [7, 11) is 0. The molecule has 6 nitrogen and oxygen atoms in total. The van der Waals surface area contributed by atoms with E-state index in [9.17, 15) is 4.79 Å². The lowest BCUT2D eigenvalue weighted by molar-refractivity contribution is 0.897. The summed E-state index contributed by atoms with van der Waals surface area (Å²) in [5.74, 6) is 0.215. The Balaban J connectivity index is 2.02. The first-order valence-corrected chi connectivity index (χ1v) is 6.78. The van der Waals surface area contributed by atoms with Crippen LogP contribution in [-0.2, 0) is 0 Å². The summed E-state index contributed by atoms with van der Waals surface area (Å²) in [5, 5.41) is 11.4. The molecule has 19 heavy (non-hydrogen) atoms. The summed E-state index contributed by atoms with van der Waals surface area (Å²) < 4.78 is 0. The Morgan fingerprint density at radius 1 is 1.32 bits per heavy atom. The monoisotopic (exact) mass is 275 g/mol. The normalized spacial score (nSPS) is 10.8. The van der Waals surface area contributed by atoms with Crippen LogP contribution in [0.4, 0.5) is 5.95 Å². The zero-order chi connectivity index (χ0) is 13.7. The summed E-state index contributed by atoms with van der Waals surface area (Å²) in [6.07, 6.45) is 3.67. The topological polar surface area (TPSA) is 83.0 Å². The number of thioether (sulfide) groups is 1. The molecule has 0 aliphatic heterocycles. The van der Waals surface area contributed by atoms with E-state index in [1.54, 1.807) is 24.9 Å². The van der Waals surface area contributed by atoms with E-state index < -0.39 is 0 Å².